The van der Waals surface area contributed by atoms with Crippen molar-refractivity contribution in [3.8, 4) is 0 Å². The van der Waals surface area contributed by atoms with Gasteiger partial charge in [-0.05, 0) is 138 Å². The minimum absolute atomic E-state index is 0. The molecule has 0 aromatic heterocycles. The first kappa shape index (κ1) is 39.3. The topological polar surface area (TPSA) is 125 Å². The fraction of sp³-hybridized carbons (Fsp3) is 1.00. The molecule has 0 amide bonds. The fourth-order valence-corrected chi connectivity index (χ4v) is 12.4. The number of rotatable bonds is 10. The summed E-state index contributed by atoms with van der Waals surface area (Å²) in [6.45, 7) is 8.73. The van der Waals surface area contributed by atoms with E-state index in [9.17, 15) is 22.3 Å². The quantitative estimate of drug-likeness (QED) is 0.267. The molecule has 2 N–H and O–H groups in total. The van der Waals surface area contributed by atoms with Crippen LogP contribution in [0, 0.1) is 35.0 Å². The molecule has 0 aromatic carbocycles. The number of hydrogen-bond acceptors (Lipinski definition) is 8. The van der Waals surface area contributed by atoms with Gasteiger partial charge >= 0.3 is 18.9 Å². The van der Waals surface area contributed by atoms with Crippen LogP contribution in [0.4, 0.5) is 0 Å². The van der Waals surface area contributed by atoms with Gasteiger partial charge in [0, 0.05) is 24.0 Å². The number of piperidine rings is 1. The molecule has 0 spiro atoms. The summed E-state index contributed by atoms with van der Waals surface area (Å²) in [5.41, 5.74) is 0.261. The summed E-state index contributed by atoms with van der Waals surface area (Å²) in [6.07, 6.45) is 16.8. The Labute approximate surface area is 294 Å². The van der Waals surface area contributed by atoms with Gasteiger partial charge < -0.3 is 24.4 Å². The van der Waals surface area contributed by atoms with Crippen molar-refractivity contribution in [1.29, 1.82) is 0 Å². The Morgan fingerprint density at radius 3 is 1.85 bits per heavy atom. The number of aliphatic hydroxyl groups is 1. The molecule has 5 fully saturated rings. The number of nitrogens with one attached hydrogen (secondary N) is 1. The molecule has 5 rings (SSSR count). The van der Waals surface area contributed by atoms with Gasteiger partial charge in [-0.3, -0.25) is 4.21 Å². The Bertz CT molecular complexity index is 1070. The predicted octanol–water partition coefficient (Wildman–Crippen LogP) is 2.55. The summed E-state index contributed by atoms with van der Waals surface area (Å²) in [4.78, 5) is 0. The van der Waals surface area contributed by atoms with Gasteiger partial charge in [-0.2, -0.15) is 0 Å². The SMILES string of the molecule is CC1CCC(OC2CCC(C(C)(C)C3CCC(OC4CCC(S(C)(=O)=O)C(C(O)C5CCCNC5)C4)CC3)CC2)CC1S(=O)[O-].[Li+]. The van der Waals surface area contributed by atoms with E-state index in [1.165, 1.54) is 31.9 Å². The zero-order valence-electron chi connectivity index (χ0n) is 29.4. The normalized spacial score (nSPS) is 41.2. The molecular formula is C35H62LiNO7S2. The Balaban J connectivity index is 0.00000480. The summed E-state index contributed by atoms with van der Waals surface area (Å²) in [7, 11) is -3.23. The minimum atomic E-state index is -3.23. The standard InChI is InChI=1S/C35H63NO7S2.Li/c1-23-7-12-30(21-32(23)44(38)39)43-28-15-10-26(11-16-28)35(2,3)25-8-13-27(14-9-25)42-29-17-18-33(45(4,40)41)31(20-29)34(37)24-6-5-19-36-22-24;/h23-34,36-37H,5-22H2,1-4H3,(H,38,39);/q;+1/p-1. The van der Waals surface area contributed by atoms with Crippen LogP contribution >= 0.6 is 0 Å². The molecule has 1 saturated heterocycles. The third kappa shape index (κ3) is 9.84. The molecule has 262 valence electrons. The van der Waals surface area contributed by atoms with Crippen molar-refractivity contribution in [3.63, 3.8) is 0 Å². The first-order valence-electron chi connectivity index (χ1n) is 18.3. The van der Waals surface area contributed by atoms with Crippen molar-refractivity contribution in [2.75, 3.05) is 19.3 Å². The van der Waals surface area contributed by atoms with E-state index in [-0.39, 0.29) is 71.7 Å². The number of ether oxygens (including phenoxy) is 2. The Morgan fingerprint density at radius 1 is 0.826 bits per heavy atom. The van der Waals surface area contributed by atoms with Crippen molar-refractivity contribution in [3.05, 3.63) is 0 Å². The molecule has 46 heavy (non-hydrogen) atoms. The number of hydrogen-bond donors (Lipinski definition) is 2. The third-order valence-corrected chi connectivity index (χ3v) is 16.0. The average Bonchev–Trinajstić information content (AvgIpc) is 3.02. The van der Waals surface area contributed by atoms with Crippen molar-refractivity contribution < 1.29 is 50.6 Å². The molecule has 0 radical (unpaired) electrons. The molecule has 1 aliphatic heterocycles. The van der Waals surface area contributed by atoms with E-state index in [0.717, 1.165) is 70.9 Å². The largest absolute Gasteiger partial charge is 1.00 e. The molecule has 1 heterocycles. The van der Waals surface area contributed by atoms with Crippen molar-refractivity contribution in [2.45, 2.75) is 165 Å². The molecule has 11 heteroatoms. The summed E-state index contributed by atoms with van der Waals surface area (Å²) in [5, 5.41) is 14.0. The zero-order chi connectivity index (χ0) is 32.4. The molecule has 9 unspecified atom stereocenters. The van der Waals surface area contributed by atoms with Crippen molar-refractivity contribution >= 4 is 20.9 Å². The van der Waals surface area contributed by atoms with Crippen molar-refractivity contribution in [2.24, 2.45) is 35.0 Å². The van der Waals surface area contributed by atoms with Crippen LogP contribution in [0.25, 0.3) is 0 Å². The van der Waals surface area contributed by atoms with Crippen LogP contribution in [0.1, 0.15) is 124 Å². The fourth-order valence-electron chi connectivity index (χ4n) is 10.1. The van der Waals surface area contributed by atoms with Crippen LogP contribution in [0.2, 0.25) is 0 Å². The monoisotopic (exact) mass is 679 g/mol. The zero-order valence-corrected chi connectivity index (χ0v) is 31.0. The van der Waals surface area contributed by atoms with Crippen molar-refractivity contribution in [1.82, 2.24) is 5.32 Å². The minimum Gasteiger partial charge on any atom is -0.772 e. The van der Waals surface area contributed by atoms with E-state index in [1.54, 1.807) is 0 Å². The molecule has 4 aliphatic carbocycles. The van der Waals surface area contributed by atoms with Gasteiger partial charge in [-0.15, -0.1) is 0 Å². The van der Waals surface area contributed by atoms with Gasteiger partial charge in [0.05, 0.1) is 35.8 Å². The van der Waals surface area contributed by atoms with Crippen LogP contribution in [0.5, 0.6) is 0 Å². The summed E-state index contributed by atoms with van der Waals surface area (Å²) in [5.74, 6) is 1.43. The van der Waals surface area contributed by atoms with Crippen LogP contribution < -0.4 is 24.2 Å². The van der Waals surface area contributed by atoms with Gasteiger partial charge in [-0.25, -0.2) is 8.42 Å². The van der Waals surface area contributed by atoms with E-state index in [4.69, 9.17) is 9.47 Å². The summed E-state index contributed by atoms with van der Waals surface area (Å²) >= 11 is -2.02. The summed E-state index contributed by atoms with van der Waals surface area (Å²) < 4.78 is 61.9. The van der Waals surface area contributed by atoms with Gasteiger partial charge in [-0.1, -0.05) is 31.9 Å². The molecule has 9 atom stereocenters. The van der Waals surface area contributed by atoms with Crippen LogP contribution in [-0.4, -0.2) is 82.7 Å². The van der Waals surface area contributed by atoms with Gasteiger partial charge in [0.1, 0.15) is 0 Å². The molecule has 5 aliphatic rings. The van der Waals surface area contributed by atoms with Crippen LogP contribution in [-0.2, 0) is 30.4 Å². The smallest absolute Gasteiger partial charge is 0.772 e. The molecule has 0 aromatic rings. The van der Waals surface area contributed by atoms with E-state index in [0.29, 0.717) is 31.1 Å². The number of sulfone groups is 1. The first-order chi connectivity index (χ1) is 21.3. The number of aliphatic hydroxyl groups excluding tert-OH is 1. The van der Waals surface area contributed by atoms with E-state index < -0.39 is 32.3 Å². The second-order valence-electron chi connectivity index (χ2n) is 16.3. The van der Waals surface area contributed by atoms with E-state index >= 15 is 0 Å². The maximum atomic E-state index is 12.7. The molecule has 8 nitrogen and oxygen atoms in total. The first-order valence-corrected chi connectivity index (χ1v) is 21.4. The van der Waals surface area contributed by atoms with E-state index in [2.05, 4.69) is 19.2 Å². The van der Waals surface area contributed by atoms with Gasteiger partial charge in [0.15, 0.2) is 9.84 Å². The Kier molecular flexibility index (Phi) is 14.6. The third-order valence-electron chi connectivity index (χ3n) is 13.1. The maximum Gasteiger partial charge on any atom is 1.00 e. The predicted molar refractivity (Wildman–Crippen MR) is 178 cm³/mol. The molecular weight excluding hydrogens is 617 g/mol. The Hall–Kier alpha value is 0.497. The average molecular weight is 680 g/mol. The summed E-state index contributed by atoms with van der Waals surface area (Å²) in [6, 6.07) is 0. The van der Waals surface area contributed by atoms with Crippen LogP contribution in [0.3, 0.4) is 0 Å². The maximum absolute atomic E-state index is 12.7. The second kappa shape index (κ2) is 17.1. The van der Waals surface area contributed by atoms with Gasteiger partial charge in [0.2, 0.25) is 0 Å². The van der Waals surface area contributed by atoms with Crippen LogP contribution in [0.15, 0.2) is 0 Å². The van der Waals surface area contributed by atoms with E-state index in [1.807, 2.05) is 6.92 Å². The second-order valence-corrected chi connectivity index (χ2v) is 19.7. The Morgan fingerprint density at radius 2 is 1.35 bits per heavy atom. The van der Waals surface area contributed by atoms with Gasteiger partial charge in [0.25, 0.3) is 0 Å². The molecule has 0 bridgehead atoms. The molecule has 4 saturated carbocycles.